The Morgan fingerprint density at radius 3 is 2.65 bits per heavy atom. The van der Waals surface area contributed by atoms with Crippen LogP contribution in [0, 0.1) is 11.6 Å². The van der Waals surface area contributed by atoms with Crippen LogP contribution < -0.4 is 5.32 Å². The Hall–Kier alpha value is -1.00. The van der Waals surface area contributed by atoms with Crippen LogP contribution in [0.25, 0.3) is 0 Å². The highest BCUT2D eigenvalue weighted by atomic mass is 19.1. The van der Waals surface area contributed by atoms with Crippen LogP contribution in [-0.2, 0) is 6.42 Å². The van der Waals surface area contributed by atoms with Crippen molar-refractivity contribution in [3.63, 3.8) is 0 Å². The van der Waals surface area contributed by atoms with Gasteiger partial charge in [-0.3, -0.25) is 0 Å². The van der Waals surface area contributed by atoms with Crippen molar-refractivity contribution in [2.75, 3.05) is 20.1 Å². The largest absolute Gasteiger partial charge is 0.312 e. The SMILES string of the molecule is CC(Cc1c(F)cccc1F)NCC1CCCCN1C. The highest BCUT2D eigenvalue weighted by Crippen LogP contribution is 2.16. The van der Waals surface area contributed by atoms with Gasteiger partial charge in [-0.25, -0.2) is 8.78 Å². The van der Waals surface area contributed by atoms with Gasteiger partial charge in [-0.15, -0.1) is 0 Å². The van der Waals surface area contributed by atoms with E-state index in [1.807, 2.05) is 6.92 Å². The van der Waals surface area contributed by atoms with Gasteiger partial charge in [0.1, 0.15) is 11.6 Å². The minimum Gasteiger partial charge on any atom is -0.312 e. The zero-order valence-corrected chi connectivity index (χ0v) is 12.3. The minimum atomic E-state index is -0.451. The topological polar surface area (TPSA) is 15.3 Å². The molecule has 1 aromatic rings. The molecule has 2 unspecified atom stereocenters. The first-order valence-electron chi connectivity index (χ1n) is 7.44. The van der Waals surface area contributed by atoms with Crippen molar-refractivity contribution in [2.24, 2.45) is 0 Å². The van der Waals surface area contributed by atoms with E-state index in [0.717, 1.165) is 13.1 Å². The molecule has 1 aliphatic heterocycles. The zero-order chi connectivity index (χ0) is 14.5. The van der Waals surface area contributed by atoms with Crippen LogP contribution in [0.3, 0.4) is 0 Å². The minimum absolute atomic E-state index is 0.0664. The third-order valence-electron chi connectivity index (χ3n) is 4.20. The summed E-state index contributed by atoms with van der Waals surface area (Å²) in [4.78, 5) is 2.37. The Balaban J connectivity index is 1.84. The van der Waals surface area contributed by atoms with E-state index in [1.54, 1.807) is 0 Å². The van der Waals surface area contributed by atoms with Crippen LogP contribution in [0.15, 0.2) is 18.2 Å². The summed E-state index contributed by atoms with van der Waals surface area (Å²) in [5, 5.41) is 3.41. The van der Waals surface area contributed by atoms with Crippen molar-refractivity contribution in [1.29, 1.82) is 0 Å². The van der Waals surface area contributed by atoms with Gasteiger partial charge < -0.3 is 10.2 Å². The summed E-state index contributed by atoms with van der Waals surface area (Å²) in [6, 6.07) is 4.65. The molecule has 20 heavy (non-hydrogen) atoms. The summed E-state index contributed by atoms with van der Waals surface area (Å²) < 4.78 is 27.2. The molecule has 2 rings (SSSR count). The first-order chi connectivity index (χ1) is 9.58. The molecule has 0 saturated carbocycles. The second kappa shape index (κ2) is 7.14. The number of hydrogen-bond donors (Lipinski definition) is 1. The van der Waals surface area contributed by atoms with Crippen molar-refractivity contribution in [1.82, 2.24) is 10.2 Å². The van der Waals surface area contributed by atoms with Crippen molar-refractivity contribution < 1.29 is 8.78 Å². The first-order valence-corrected chi connectivity index (χ1v) is 7.44. The van der Waals surface area contributed by atoms with Gasteiger partial charge in [0.15, 0.2) is 0 Å². The average Bonchev–Trinajstić information content (AvgIpc) is 2.42. The molecule has 1 saturated heterocycles. The van der Waals surface area contributed by atoms with Gasteiger partial charge in [0, 0.05) is 24.2 Å². The maximum Gasteiger partial charge on any atom is 0.129 e. The molecular weight excluding hydrogens is 258 g/mol. The van der Waals surface area contributed by atoms with Crippen LogP contribution in [-0.4, -0.2) is 37.1 Å². The van der Waals surface area contributed by atoms with Crippen LogP contribution >= 0.6 is 0 Å². The van der Waals surface area contributed by atoms with Gasteiger partial charge in [0.05, 0.1) is 0 Å². The third kappa shape index (κ3) is 4.00. The highest BCUT2D eigenvalue weighted by Gasteiger charge is 2.19. The van der Waals surface area contributed by atoms with Crippen molar-refractivity contribution >= 4 is 0 Å². The second-order valence-electron chi connectivity index (χ2n) is 5.84. The quantitative estimate of drug-likeness (QED) is 0.893. The number of piperidine rings is 1. The lowest BCUT2D eigenvalue weighted by molar-refractivity contribution is 0.178. The number of nitrogens with one attached hydrogen (secondary N) is 1. The van der Waals surface area contributed by atoms with Crippen LogP contribution in [0.5, 0.6) is 0 Å². The molecular formula is C16H24F2N2. The molecule has 0 aromatic heterocycles. The molecule has 4 heteroatoms. The second-order valence-corrected chi connectivity index (χ2v) is 5.84. The van der Waals surface area contributed by atoms with Gasteiger partial charge in [0.2, 0.25) is 0 Å². The number of likely N-dealkylation sites (tertiary alicyclic amines) is 1. The fraction of sp³-hybridized carbons (Fsp3) is 0.625. The summed E-state index contributed by atoms with van der Waals surface area (Å²) in [6.45, 7) is 4.01. The Morgan fingerprint density at radius 1 is 1.30 bits per heavy atom. The molecule has 1 heterocycles. The smallest absolute Gasteiger partial charge is 0.129 e. The fourth-order valence-corrected chi connectivity index (χ4v) is 2.84. The van der Waals surface area contributed by atoms with E-state index >= 15 is 0 Å². The van der Waals surface area contributed by atoms with Crippen molar-refractivity contribution in [3.05, 3.63) is 35.4 Å². The predicted molar refractivity (Wildman–Crippen MR) is 77.8 cm³/mol. The van der Waals surface area contributed by atoms with Gasteiger partial charge in [-0.1, -0.05) is 12.5 Å². The van der Waals surface area contributed by atoms with Crippen LogP contribution in [0.1, 0.15) is 31.7 Å². The lowest BCUT2D eigenvalue weighted by Crippen LogP contribution is -2.45. The van der Waals surface area contributed by atoms with E-state index in [-0.39, 0.29) is 11.6 Å². The first kappa shape index (κ1) is 15.4. The predicted octanol–water partition coefficient (Wildman–Crippen LogP) is 2.97. The summed E-state index contributed by atoms with van der Waals surface area (Å²) in [7, 11) is 2.15. The van der Waals surface area contributed by atoms with Gasteiger partial charge >= 0.3 is 0 Å². The third-order valence-corrected chi connectivity index (χ3v) is 4.20. The zero-order valence-electron chi connectivity index (χ0n) is 12.3. The molecule has 1 aliphatic rings. The summed E-state index contributed by atoms with van der Waals surface area (Å²) in [6.07, 6.45) is 4.12. The lowest BCUT2D eigenvalue weighted by atomic mass is 10.0. The molecule has 0 bridgehead atoms. The molecule has 0 aliphatic carbocycles. The highest BCUT2D eigenvalue weighted by molar-refractivity contribution is 5.20. The van der Waals surface area contributed by atoms with Gasteiger partial charge in [-0.05, 0) is 51.9 Å². The van der Waals surface area contributed by atoms with Crippen molar-refractivity contribution in [3.8, 4) is 0 Å². The van der Waals surface area contributed by atoms with Crippen molar-refractivity contribution in [2.45, 2.75) is 44.7 Å². The molecule has 2 nitrogen and oxygen atoms in total. The van der Waals surface area contributed by atoms with Gasteiger partial charge in [-0.2, -0.15) is 0 Å². The van der Waals surface area contributed by atoms with E-state index in [1.165, 1.54) is 37.5 Å². The molecule has 0 spiro atoms. The molecule has 2 atom stereocenters. The Labute approximate surface area is 120 Å². The van der Waals surface area contributed by atoms with Gasteiger partial charge in [0.25, 0.3) is 0 Å². The molecule has 0 radical (unpaired) electrons. The Bertz CT molecular complexity index is 416. The van der Waals surface area contributed by atoms with Crippen LogP contribution in [0.4, 0.5) is 8.78 Å². The van der Waals surface area contributed by atoms with E-state index in [9.17, 15) is 8.78 Å². The normalized spacial score (nSPS) is 21.9. The van der Waals surface area contributed by atoms with E-state index in [4.69, 9.17) is 0 Å². The maximum absolute atomic E-state index is 13.6. The standard InChI is InChI=1S/C16H24F2N2/c1-12(10-14-15(17)7-5-8-16(14)18)19-11-13-6-3-4-9-20(13)2/h5,7-8,12-13,19H,3-4,6,9-11H2,1-2H3. The van der Waals surface area contributed by atoms with E-state index in [2.05, 4.69) is 17.3 Å². The van der Waals surface area contributed by atoms with E-state index < -0.39 is 11.6 Å². The number of halogens is 2. The number of likely N-dealkylation sites (N-methyl/N-ethyl adjacent to an activating group) is 1. The monoisotopic (exact) mass is 282 g/mol. The summed E-state index contributed by atoms with van der Waals surface area (Å²) in [5.41, 5.74) is 0.185. The fourth-order valence-electron chi connectivity index (χ4n) is 2.84. The lowest BCUT2D eigenvalue weighted by Gasteiger charge is -2.33. The van der Waals surface area contributed by atoms with E-state index in [0.29, 0.717) is 12.5 Å². The molecule has 1 aromatic carbocycles. The number of nitrogens with zero attached hydrogens (tertiary/aromatic N) is 1. The Morgan fingerprint density at radius 2 is 2.00 bits per heavy atom. The maximum atomic E-state index is 13.6. The number of rotatable bonds is 5. The molecule has 112 valence electrons. The number of hydrogen-bond acceptors (Lipinski definition) is 2. The average molecular weight is 282 g/mol. The summed E-state index contributed by atoms with van der Waals surface area (Å²) in [5.74, 6) is -0.901. The van der Waals surface area contributed by atoms with Crippen LogP contribution in [0.2, 0.25) is 0 Å². The summed E-state index contributed by atoms with van der Waals surface area (Å²) >= 11 is 0. The Kier molecular flexibility index (Phi) is 5.49. The molecule has 0 amide bonds. The molecule has 1 fully saturated rings. The molecule has 1 N–H and O–H groups in total. The number of benzene rings is 1.